The number of hydrogen-bond acceptors (Lipinski definition) is 0. The fourth-order valence-corrected chi connectivity index (χ4v) is 0. The minimum absolute atomic E-state index is 0. The topological polar surface area (TPSA) is 0 Å². The minimum Gasteiger partial charge on any atom is -1.00 e. The first-order chi connectivity index (χ1) is 1.73. The molecule has 0 heterocycles. The van der Waals surface area contributed by atoms with Crippen LogP contribution in [0.25, 0.3) is 0 Å². The molecule has 0 aliphatic carbocycles. The third kappa shape index (κ3) is 22.8. The Morgan fingerprint density at radius 3 is 1.20 bits per heavy atom. The SMILES string of the molecule is [F][Ce]([F])[F].[H-].[Na+]. The molecule has 0 rings (SSSR count). The number of hydrogen-bond donors (Lipinski definition) is 0. The zero-order valence-electron chi connectivity index (χ0n) is 3.63. The van der Waals surface area contributed by atoms with Crippen molar-refractivity contribution in [2.24, 2.45) is 0 Å². The molecule has 0 aromatic carbocycles. The summed E-state index contributed by atoms with van der Waals surface area (Å²) < 4.78 is 29.6. The molecule has 0 aliphatic heterocycles. The van der Waals surface area contributed by atoms with Gasteiger partial charge >= 0.3 is 70.2 Å². The Balaban J connectivity index is -0.0000000450. The molecule has 0 aliphatic rings. The first-order valence-electron chi connectivity index (χ1n) is 0.567. The van der Waals surface area contributed by atoms with Gasteiger partial charge in [-0.25, -0.2) is 0 Å². The van der Waals surface area contributed by atoms with Crippen LogP contribution >= 0.6 is 0 Å². The van der Waals surface area contributed by atoms with E-state index in [9.17, 15) is 2.73 Å². The molecule has 0 spiro atoms. The summed E-state index contributed by atoms with van der Waals surface area (Å²) in [5.74, 6) is 0. The molecular weight excluding hydrogens is 220 g/mol. The van der Waals surface area contributed by atoms with E-state index in [0.29, 0.717) is 0 Å². The molecule has 0 radical (unpaired) electrons. The first-order valence-corrected chi connectivity index (χ1v) is 4.13. The summed E-state index contributed by atoms with van der Waals surface area (Å²) in [5.41, 5.74) is 0. The molecule has 5 heavy (non-hydrogen) atoms. The Morgan fingerprint density at radius 2 is 1.20 bits per heavy atom. The Hall–Kier alpha value is 2.17. The van der Waals surface area contributed by atoms with Crippen LogP contribution in [-0.2, 0) is 0 Å². The van der Waals surface area contributed by atoms with Gasteiger partial charge in [0.25, 0.3) is 0 Å². The molecule has 0 bridgehead atoms. The molecule has 0 amide bonds. The van der Waals surface area contributed by atoms with E-state index in [1.807, 2.05) is 0 Å². The van der Waals surface area contributed by atoms with Crippen molar-refractivity contribution in [3.05, 3.63) is 0 Å². The Labute approximate surface area is 70.1 Å². The van der Waals surface area contributed by atoms with Gasteiger partial charge in [-0.05, 0) is 0 Å². The van der Waals surface area contributed by atoms with Crippen molar-refractivity contribution in [1.29, 1.82) is 0 Å². The molecule has 5 heteroatoms. The summed E-state index contributed by atoms with van der Waals surface area (Å²) in [5, 5.41) is 0. The van der Waals surface area contributed by atoms with Crippen LogP contribution in [0.1, 0.15) is 1.43 Å². The van der Waals surface area contributed by atoms with E-state index in [4.69, 9.17) is 0 Å². The zero-order chi connectivity index (χ0) is 3.58. The van der Waals surface area contributed by atoms with Gasteiger partial charge in [0, 0.05) is 0 Å². The third-order valence-corrected chi connectivity index (χ3v) is 0. The average molecular weight is 221 g/mol. The molecule has 0 unspecified atom stereocenters. The summed E-state index contributed by atoms with van der Waals surface area (Å²) >= 11 is -5.16. The second-order valence-corrected chi connectivity index (χ2v) is 1.56. The normalized spacial score (nSPS) is 5.40. The van der Waals surface area contributed by atoms with Gasteiger partial charge in [-0.2, -0.15) is 0 Å². The van der Waals surface area contributed by atoms with Crippen LogP contribution in [0.15, 0.2) is 0 Å². The number of halogens is 3. The average Bonchev–Trinajstić information content (AvgIpc) is 0.811. The van der Waals surface area contributed by atoms with Gasteiger partial charge in [-0.3, -0.25) is 0 Å². The maximum absolute atomic E-state index is 9.88. The second-order valence-electron chi connectivity index (χ2n) is 0.214. The molecule has 0 aromatic rings. The van der Waals surface area contributed by atoms with Gasteiger partial charge in [-0.1, -0.05) is 0 Å². The summed E-state index contributed by atoms with van der Waals surface area (Å²) in [4.78, 5) is 0. The molecule has 0 atom stereocenters. The van der Waals surface area contributed by atoms with Crippen LogP contribution in [0.4, 0.5) is 2.73 Å². The Morgan fingerprint density at radius 1 is 1.20 bits per heavy atom. The number of rotatable bonds is 0. The van der Waals surface area contributed by atoms with Crippen LogP contribution in [-0.4, -0.2) is 0 Å². The summed E-state index contributed by atoms with van der Waals surface area (Å²) in [6.45, 7) is 0. The summed E-state index contributed by atoms with van der Waals surface area (Å²) in [6.07, 6.45) is 0. The fraction of sp³-hybridized carbons (Fsp3) is 0. The largest absolute Gasteiger partial charge is 1.00 e. The first kappa shape index (κ1) is 10.2. The van der Waals surface area contributed by atoms with E-state index in [2.05, 4.69) is 0 Å². The third-order valence-electron chi connectivity index (χ3n) is 0. The molecule has 0 N–H and O–H groups in total. The van der Waals surface area contributed by atoms with Crippen molar-refractivity contribution in [1.82, 2.24) is 0 Å². The van der Waals surface area contributed by atoms with E-state index in [-0.39, 0.29) is 31.0 Å². The molecule has 27 valence electrons. The minimum atomic E-state index is -5.16. The van der Waals surface area contributed by atoms with E-state index in [0.717, 1.165) is 0 Å². The zero-order valence-corrected chi connectivity index (χ0v) is 7.77. The van der Waals surface area contributed by atoms with E-state index < -0.39 is 37.9 Å². The van der Waals surface area contributed by atoms with Crippen LogP contribution < -0.4 is 29.6 Å². The van der Waals surface area contributed by atoms with E-state index >= 15 is 0 Å². The molecule has 0 nitrogen and oxygen atoms in total. The van der Waals surface area contributed by atoms with Crippen LogP contribution in [0.3, 0.4) is 0 Å². The monoisotopic (exact) mass is 221 g/mol. The predicted octanol–water partition coefficient (Wildman–Crippen LogP) is -1.62. The van der Waals surface area contributed by atoms with Gasteiger partial charge in [-0.15, -0.1) is 0 Å². The second kappa shape index (κ2) is 6.17. The van der Waals surface area contributed by atoms with Crippen molar-refractivity contribution in [3.8, 4) is 0 Å². The van der Waals surface area contributed by atoms with Gasteiger partial charge in [0.05, 0.1) is 0 Å². The van der Waals surface area contributed by atoms with Crippen LogP contribution in [0, 0.1) is 37.9 Å². The Kier molecular flexibility index (Phi) is 12.6. The van der Waals surface area contributed by atoms with Gasteiger partial charge < -0.3 is 1.43 Å². The van der Waals surface area contributed by atoms with Gasteiger partial charge in [0.15, 0.2) is 0 Å². The molecule has 0 saturated carbocycles. The van der Waals surface area contributed by atoms with Crippen molar-refractivity contribution in [3.63, 3.8) is 0 Å². The fourth-order valence-electron chi connectivity index (χ4n) is 0. The molecular formula is HCeF3Na. The molecule has 0 saturated heterocycles. The van der Waals surface area contributed by atoms with E-state index in [1.54, 1.807) is 0 Å². The maximum Gasteiger partial charge on any atom is 1.00 e. The summed E-state index contributed by atoms with van der Waals surface area (Å²) in [6, 6.07) is 0. The van der Waals surface area contributed by atoms with Crippen molar-refractivity contribution < 1.29 is 71.7 Å². The quantitative estimate of drug-likeness (QED) is 0.431. The summed E-state index contributed by atoms with van der Waals surface area (Å²) in [7, 11) is 0. The van der Waals surface area contributed by atoms with Crippen LogP contribution in [0.5, 0.6) is 0 Å². The van der Waals surface area contributed by atoms with Crippen molar-refractivity contribution in [2.45, 2.75) is 0 Å². The standard InChI is InChI=1S/Ce.3FH.Na.H/h;3*1H;;/q+3;;;;+1;-1/p-3. The van der Waals surface area contributed by atoms with Crippen LogP contribution in [0.2, 0.25) is 0 Å². The van der Waals surface area contributed by atoms with Gasteiger partial charge in [0.2, 0.25) is 0 Å². The maximum atomic E-state index is 9.88. The van der Waals surface area contributed by atoms with Crippen molar-refractivity contribution in [2.75, 3.05) is 0 Å². The predicted molar refractivity (Wildman–Crippen MR) is 4.44 cm³/mol. The van der Waals surface area contributed by atoms with Crippen molar-refractivity contribution >= 4 is 0 Å². The molecule has 0 fully saturated rings. The van der Waals surface area contributed by atoms with E-state index in [1.165, 1.54) is 0 Å². The molecule has 0 aromatic heterocycles. The van der Waals surface area contributed by atoms with Gasteiger partial charge in [0.1, 0.15) is 0 Å². The Bertz CT molecular complexity index is 15.5. The smallest absolute Gasteiger partial charge is 1.00 e.